The van der Waals surface area contributed by atoms with Gasteiger partial charge in [-0.3, -0.25) is 0 Å². The first kappa shape index (κ1) is 10.2. The molecule has 0 heterocycles. The van der Waals surface area contributed by atoms with Crippen LogP contribution in [0.3, 0.4) is 0 Å². The molecule has 2 amide bonds. The minimum atomic E-state index is -0.491. The Kier molecular flexibility index (Phi) is 3.45. The molecule has 3 nitrogen and oxygen atoms in total. The first-order chi connectivity index (χ1) is 6.15. The Morgan fingerprint density at radius 3 is 2.38 bits per heavy atom. The number of benzene rings is 1. The zero-order chi connectivity index (χ0) is 9.84. The monoisotopic (exact) mass is 216 g/mol. The van der Waals surface area contributed by atoms with Gasteiger partial charge in [0.1, 0.15) is 0 Å². The summed E-state index contributed by atoms with van der Waals surface area (Å²) in [5.41, 5.74) is 5.88. The molecule has 1 aromatic carbocycles. The Labute approximate surface area is 86.0 Å². The van der Waals surface area contributed by atoms with E-state index in [-0.39, 0.29) is 0 Å². The number of halogens is 1. The van der Waals surface area contributed by atoms with Crippen molar-refractivity contribution < 1.29 is 4.79 Å². The fourth-order valence-electron chi connectivity index (χ4n) is 0.899. The van der Waals surface area contributed by atoms with Crippen LogP contribution in [-0.4, -0.2) is 12.3 Å². The molecule has 0 aliphatic heterocycles. The summed E-state index contributed by atoms with van der Waals surface area (Å²) < 4.78 is 1.39. The number of anilines is 1. The zero-order valence-corrected chi connectivity index (χ0v) is 8.60. The predicted octanol–water partition coefficient (Wildman–Crippen LogP) is 2.50. The van der Waals surface area contributed by atoms with Crippen LogP contribution in [0.25, 0.3) is 0 Å². The van der Waals surface area contributed by atoms with E-state index in [1.54, 1.807) is 30.5 Å². The van der Waals surface area contributed by atoms with Crippen molar-refractivity contribution in [3.05, 3.63) is 29.3 Å². The molecule has 0 atom stereocenters. The smallest absolute Gasteiger partial charge is 0.329 e. The number of carbonyl (C=O) groups excluding carboxylic acids is 1. The van der Waals surface area contributed by atoms with Crippen LogP contribution in [0.15, 0.2) is 24.3 Å². The minimum Gasteiger partial charge on any atom is -0.350 e. The fraction of sp³-hybridized carbons (Fsp3) is 0.125. The fourth-order valence-corrected chi connectivity index (χ4v) is 1.54. The maximum absolute atomic E-state index is 10.9. The number of nitrogens with zero attached hydrogens (tertiary/aromatic N) is 1. The second kappa shape index (κ2) is 4.39. The third kappa shape index (κ3) is 2.54. The molecule has 0 spiro atoms. The molecular formula is C8H9ClN2OS. The highest BCUT2D eigenvalue weighted by atomic mass is 35.5. The van der Waals surface area contributed by atoms with E-state index < -0.39 is 6.03 Å². The number of nitrogens with two attached hydrogens (primary N) is 1. The molecule has 0 aliphatic carbocycles. The molecule has 0 aliphatic rings. The first-order valence-electron chi connectivity index (χ1n) is 3.54. The molecule has 1 aromatic rings. The lowest BCUT2D eigenvalue weighted by Crippen LogP contribution is -2.29. The van der Waals surface area contributed by atoms with Gasteiger partial charge >= 0.3 is 6.03 Å². The first-order valence-corrected chi connectivity index (χ1v) is 5.10. The quantitative estimate of drug-likeness (QED) is 0.773. The average Bonchev–Trinajstić information content (AvgIpc) is 2.09. The van der Waals surface area contributed by atoms with Crippen LogP contribution >= 0.6 is 23.5 Å². The van der Waals surface area contributed by atoms with Crippen molar-refractivity contribution in [2.24, 2.45) is 5.73 Å². The van der Waals surface area contributed by atoms with Gasteiger partial charge in [-0.2, -0.15) is 0 Å². The Hall–Kier alpha value is -0.870. The van der Waals surface area contributed by atoms with Gasteiger partial charge in [-0.25, -0.2) is 9.10 Å². The average molecular weight is 217 g/mol. The molecule has 0 saturated heterocycles. The lowest BCUT2D eigenvalue weighted by molar-refractivity contribution is 0.257. The van der Waals surface area contributed by atoms with Crippen LogP contribution in [0.2, 0.25) is 5.02 Å². The molecule has 0 bridgehead atoms. The van der Waals surface area contributed by atoms with Crippen molar-refractivity contribution in [2.45, 2.75) is 0 Å². The molecule has 0 fully saturated rings. The molecule has 0 saturated carbocycles. The van der Waals surface area contributed by atoms with Crippen LogP contribution in [0, 0.1) is 0 Å². The Morgan fingerprint density at radius 2 is 2.00 bits per heavy atom. The number of hydrogen-bond donors (Lipinski definition) is 1. The van der Waals surface area contributed by atoms with Crippen molar-refractivity contribution in [1.29, 1.82) is 0 Å². The molecule has 5 heteroatoms. The van der Waals surface area contributed by atoms with Crippen molar-refractivity contribution in [1.82, 2.24) is 0 Å². The van der Waals surface area contributed by atoms with Crippen LogP contribution in [0.1, 0.15) is 0 Å². The van der Waals surface area contributed by atoms with Gasteiger partial charge in [-0.15, -0.1) is 0 Å². The summed E-state index contributed by atoms with van der Waals surface area (Å²) >= 11 is 6.95. The minimum absolute atomic E-state index is 0.491. The second-order valence-electron chi connectivity index (χ2n) is 2.29. The Balaban J connectivity index is 2.92. The third-order valence-electron chi connectivity index (χ3n) is 1.44. The topological polar surface area (TPSA) is 46.3 Å². The van der Waals surface area contributed by atoms with Gasteiger partial charge in [0.05, 0.1) is 5.69 Å². The highest BCUT2D eigenvalue weighted by Crippen LogP contribution is 2.22. The summed E-state index contributed by atoms with van der Waals surface area (Å²) in [5, 5.41) is 0.634. The van der Waals surface area contributed by atoms with E-state index in [2.05, 4.69) is 0 Å². The Bertz CT molecular complexity index is 302. The van der Waals surface area contributed by atoms with Gasteiger partial charge in [0, 0.05) is 11.3 Å². The molecule has 1 rings (SSSR count). The molecule has 0 aromatic heterocycles. The number of carbonyl (C=O) groups is 1. The van der Waals surface area contributed by atoms with Crippen LogP contribution < -0.4 is 10.0 Å². The molecule has 70 valence electrons. The van der Waals surface area contributed by atoms with E-state index >= 15 is 0 Å². The van der Waals surface area contributed by atoms with Gasteiger partial charge in [0.25, 0.3) is 0 Å². The summed E-state index contributed by atoms with van der Waals surface area (Å²) in [6, 6.07) is 6.41. The molecule has 0 radical (unpaired) electrons. The van der Waals surface area contributed by atoms with Gasteiger partial charge in [-0.1, -0.05) is 11.6 Å². The van der Waals surface area contributed by atoms with Gasteiger partial charge in [-0.05, 0) is 36.2 Å². The summed E-state index contributed by atoms with van der Waals surface area (Å²) in [5.74, 6) is 0. The van der Waals surface area contributed by atoms with E-state index in [0.717, 1.165) is 5.69 Å². The van der Waals surface area contributed by atoms with Gasteiger partial charge in [0.2, 0.25) is 0 Å². The van der Waals surface area contributed by atoms with Crippen LogP contribution in [-0.2, 0) is 0 Å². The molecule has 2 N–H and O–H groups in total. The SMILES string of the molecule is CSN(C(N)=O)c1ccc(Cl)cc1. The number of amides is 2. The van der Waals surface area contributed by atoms with Crippen molar-refractivity contribution in [3.63, 3.8) is 0 Å². The lowest BCUT2D eigenvalue weighted by atomic mass is 10.3. The van der Waals surface area contributed by atoms with Crippen LogP contribution in [0.5, 0.6) is 0 Å². The Morgan fingerprint density at radius 1 is 1.46 bits per heavy atom. The highest BCUT2D eigenvalue weighted by molar-refractivity contribution is 8.00. The zero-order valence-electron chi connectivity index (χ0n) is 7.03. The lowest BCUT2D eigenvalue weighted by Gasteiger charge is -2.16. The number of rotatable bonds is 2. The van der Waals surface area contributed by atoms with Crippen molar-refractivity contribution in [3.8, 4) is 0 Å². The highest BCUT2D eigenvalue weighted by Gasteiger charge is 2.09. The number of primary amides is 1. The summed E-state index contributed by atoms with van der Waals surface area (Å²) in [6.07, 6.45) is 1.78. The molecular weight excluding hydrogens is 208 g/mol. The predicted molar refractivity (Wildman–Crippen MR) is 57.0 cm³/mol. The molecule has 0 unspecified atom stereocenters. The number of urea groups is 1. The van der Waals surface area contributed by atoms with E-state index in [1.165, 1.54) is 16.3 Å². The van der Waals surface area contributed by atoms with Crippen molar-refractivity contribution in [2.75, 3.05) is 10.6 Å². The standard InChI is InChI=1S/C8H9ClN2OS/c1-13-11(8(10)12)7-4-2-6(9)3-5-7/h2-5H,1H3,(H2,10,12). The van der Waals surface area contributed by atoms with E-state index in [4.69, 9.17) is 17.3 Å². The summed E-state index contributed by atoms with van der Waals surface area (Å²) in [7, 11) is 0. The van der Waals surface area contributed by atoms with E-state index in [1.807, 2.05) is 0 Å². The van der Waals surface area contributed by atoms with E-state index in [9.17, 15) is 4.79 Å². The van der Waals surface area contributed by atoms with Crippen LogP contribution in [0.4, 0.5) is 10.5 Å². The maximum atomic E-state index is 10.9. The van der Waals surface area contributed by atoms with Gasteiger partial charge in [0.15, 0.2) is 0 Å². The maximum Gasteiger partial charge on any atom is 0.329 e. The normalized spacial score (nSPS) is 9.69. The van der Waals surface area contributed by atoms with Crippen molar-refractivity contribution >= 4 is 35.3 Å². The molecule has 13 heavy (non-hydrogen) atoms. The van der Waals surface area contributed by atoms with Gasteiger partial charge < -0.3 is 5.73 Å². The third-order valence-corrected chi connectivity index (χ3v) is 2.45. The van der Waals surface area contributed by atoms with E-state index in [0.29, 0.717) is 5.02 Å². The largest absolute Gasteiger partial charge is 0.350 e. The number of hydrogen-bond acceptors (Lipinski definition) is 2. The summed E-state index contributed by atoms with van der Waals surface area (Å²) in [6.45, 7) is 0. The summed E-state index contributed by atoms with van der Waals surface area (Å²) in [4.78, 5) is 10.9. The second-order valence-corrected chi connectivity index (χ2v) is 3.46.